The van der Waals surface area contributed by atoms with Crippen molar-refractivity contribution in [3.8, 4) is 6.07 Å². The van der Waals surface area contributed by atoms with Crippen LogP contribution in [0.3, 0.4) is 0 Å². The van der Waals surface area contributed by atoms with Gasteiger partial charge in [-0.15, -0.1) is 0 Å². The third-order valence-corrected chi connectivity index (χ3v) is 4.24. The summed E-state index contributed by atoms with van der Waals surface area (Å²) < 4.78 is 0. The van der Waals surface area contributed by atoms with Crippen molar-refractivity contribution in [3.05, 3.63) is 77.0 Å². The third-order valence-electron chi connectivity index (χ3n) is 4.24. The van der Waals surface area contributed by atoms with Gasteiger partial charge in [-0.2, -0.15) is 5.26 Å². The molecule has 2 aromatic rings. The molecule has 0 bridgehead atoms. The van der Waals surface area contributed by atoms with Crippen LogP contribution in [0.4, 0.5) is 5.69 Å². The highest BCUT2D eigenvalue weighted by molar-refractivity contribution is 6.06. The zero-order valence-corrected chi connectivity index (χ0v) is 15.5. The Kier molecular flexibility index (Phi) is 6.99. The highest BCUT2D eigenvalue weighted by atomic mass is 16.1. The fourth-order valence-electron chi connectivity index (χ4n) is 2.72. The average Bonchev–Trinajstić information content (AvgIpc) is 2.63. The van der Waals surface area contributed by atoms with E-state index >= 15 is 0 Å². The van der Waals surface area contributed by atoms with Crippen LogP contribution >= 0.6 is 0 Å². The van der Waals surface area contributed by atoms with Crippen LogP contribution in [0.5, 0.6) is 0 Å². The van der Waals surface area contributed by atoms with Crippen molar-refractivity contribution in [2.75, 3.05) is 11.9 Å². The number of nitriles is 1. The third kappa shape index (κ3) is 5.22. The molecule has 2 N–H and O–H groups in total. The highest BCUT2D eigenvalue weighted by Gasteiger charge is 2.12. The maximum atomic E-state index is 12.4. The van der Waals surface area contributed by atoms with E-state index < -0.39 is 5.91 Å². The van der Waals surface area contributed by atoms with Crippen molar-refractivity contribution in [1.29, 1.82) is 5.26 Å². The Balaban J connectivity index is 1.97. The smallest absolute Gasteiger partial charge is 0.267 e. The predicted molar refractivity (Wildman–Crippen MR) is 106 cm³/mol. The lowest BCUT2D eigenvalue weighted by Crippen LogP contribution is -2.19. The number of hydrogen-bond donors (Lipinski definition) is 2. The summed E-state index contributed by atoms with van der Waals surface area (Å²) in [6, 6.07) is 17.8. The SMILES string of the molecule is Cc1ccccc1CCN/C=C(/C#N)C(=O)Nc1ccccc1C(C)C. The summed E-state index contributed by atoms with van der Waals surface area (Å²) in [6.45, 7) is 6.87. The van der Waals surface area contributed by atoms with Crippen LogP contribution in [0.1, 0.15) is 36.5 Å². The Morgan fingerprint density at radius 1 is 1.15 bits per heavy atom. The molecule has 0 aromatic heterocycles. The van der Waals surface area contributed by atoms with E-state index in [1.54, 1.807) is 0 Å². The topological polar surface area (TPSA) is 64.9 Å². The molecule has 0 fully saturated rings. The summed E-state index contributed by atoms with van der Waals surface area (Å²) in [7, 11) is 0. The Morgan fingerprint density at radius 3 is 2.54 bits per heavy atom. The van der Waals surface area contributed by atoms with Gasteiger partial charge in [0.2, 0.25) is 0 Å². The van der Waals surface area contributed by atoms with Crippen LogP contribution in [0, 0.1) is 18.3 Å². The second-order valence-electron chi connectivity index (χ2n) is 6.50. The van der Waals surface area contributed by atoms with Gasteiger partial charge in [-0.1, -0.05) is 56.3 Å². The minimum absolute atomic E-state index is 0.0633. The number of rotatable bonds is 7. The van der Waals surface area contributed by atoms with E-state index in [9.17, 15) is 10.1 Å². The van der Waals surface area contributed by atoms with Gasteiger partial charge < -0.3 is 10.6 Å². The number of nitrogens with one attached hydrogen (secondary N) is 2. The van der Waals surface area contributed by atoms with Crippen molar-refractivity contribution in [3.63, 3.8) is 0 Å². The van der Waals surface area contributed by atoms with Gasteiger partial charge in [0, 0.05) is 18.4 Å². The maximum Gasteiger partial charge on any atom is 0.267 e. The van der Waals surface area contributed by atoms with Crippen LogP contribution in [0.25, 0.3) is 0 Å². The lowest BCUT2D eigenvalue weighted by molar-refractivity contribution is -0.112. The van der Waals surface area contributed by atoms with E-state index in [-0.39, 0.29) is 11.5 Å². The number of hydrogen-bond acceptors (Lipinski definition) is 3. The minimum atomic E-state index is -0.399. The van der Waals surface area contributed by atoms with Crippen molar-refractivity contribution in [2.24, 2.45) is 0 Å². The summed E-state index contributed by atoms with van der Waals surface area (Å²) in [4.78, 5) is 12.4. The van der Waals surface area contributed by atoms with E-state index in [1.165, 1.54) is 17.3 Å². The van der Waals surface area contributed by atoms with Gasteiger partial charge in [0.25, 0.3) is 5.91 Å². The number of amides is 1. The largest absolute Gasteiger partial charge is 0.389 e. The van der Waals surface area contributed by atoms with Gasteiger partial charge in [-0.25, -0.2) is 0 Å². The standard InChI is InChI=1S/C22H25N3O/c1-16(2)20-10-6-7-11-21(20)25-22(26)19(14-23)15-24-13-12-18-9-5-4-8-17(18)3/h4-11,15-16,24H,12-13H2,1-3H3,(H,25,26)/b19-15-. The molecule has 4 nitrogen and oxygen atoms in total. The number of carbonyl (C=O) groups is 1. The number of anilines is 1. The molecule has 0 saturated heterocycles. The van der Waals surface area contributed by atoms with Crippen LogP contribution in [0.2, 0.25) is 0 Å². The maximum absolute atomic E-state index is 12.4. The normalized spacial score (nSPS) is 11.1. The molecule has 0 saturated carbocycles. The Morgan fingerprint density at radius 2 is 1.85 bits per heavy atom. The molecule has 26 heavy (non-hydrogen) atoms. The van der Waals surface area contributed by atoms with Crippen LogP contribution < -0.4 is 10.6 Å². The molecular formula is C22H25N3O. The Hall–Kier alpha value is -3.06. The number of para-hydroxylation sites is 1. The summed E-state index contributed by atoms with van der Waals surface area (Å²) in [5.41, 5.74) is 4.34. The zero-order valence-electron chi connectivity index (χ0n) is 15.5. The monoisotopic (exact) mass is 347 g/mol. The molecule has 1 amide bonds. The van der Waals surface area contributed by atoms with Crippen LogP contribution in [0.15, 0.2) is 60.3 Å². The van der Waals surface area contributed by atoms with Crippen molar-refractivity contribution in [2.45, 2.75) is 33.1 Å². The summed E-state index contributed by atoms with van der Waals surface area (Å²) >= 11 is 0. The molecule has 134 valence electrons. The fraction of sp³-hybridized carbons (Fsp3) is 0.273. The van der Waals surface area contributed by atoms with Gasteiger partial charge in [0.1, 0.15) is 11.6 Å². The summed E-state index contributed by atoms with van der Waals surface area (Å²) in [6.07, 6.45) is 2.32. The molecule has 0 aliphatic heterocycles. The van der Waals surface area contributed by atoms with Crippen molar-refractivity contribution in [1.82, 2.24) is 5.32 Å². The molecule has 0 radical (unpaired) electrons. The van der Waals surface area contributed by atoms with Gasteiger partial charge in [0.15, 0.2) is 0 Å². The molecule has 0 spiro atoms. The molecule has 0 unspecified atom stereocenters. The quantitative estimate of drug-likeness (QED) is 0.446. The van der Waals surface area contributed by atoms with Crippen molar-refractivity contribution < 1.29 is 4.79 Å². The fourth-order valence-corrected chi connectivity index (χ4v) is 2.72. The zero-order chi connectivity index (χ0) is 18.9. The van der Waals surface area contributed by atoms with E-state index in [1.807, 2.05) is 42.5 Å². The first-order valence-corrected chi connectivity index (χ1v) is 8.81. The Labute approximate surface area is 155 Å². The van der Waals surface area contributed by atoms with E-state index in [0.29, 0.717) is 6.54 Å². The minimum Gasteiger partial charge on any atom is -0.389 e. The molecule has 0 aliphatic rings. The molecule has 0 atom stereocenters. The van der Waals surface area contributed by atoms with E-state index in [4.69, 9.17) is 0 Å². The lowest BCUT2D eigenvalue weighted by Gasteiger charge is -2.13. The molecule has 2 rings (SSSR count). The lowest BCUT2D eigenvalue weighted by atomic mass is 10.0. The number of benzene rings is 2. The van der Waals surface area contributed by atoms with E-state index in [0.717, 1.165) is 17.7 Å². The second-order valence-corrected chi connectivity index (χ2v) is 6.50. The summed E-state index contributed by atoms with van der Waals surface area (Å²) in [5.74, 6) is -0.114. The highest BCUT2D eigenvalue weighted by Crippen LogP contribution is 2.23. The predicted octanol–water partition coefficient (Wildman–Crippen LogP) is 4.30. The molecular weight excluding hydrogens is 322 g/mol. The average molecular weight is 347 g/mol. The molecule has 0 aliphatic carbocycles. The first-order valence-electron chi connectivity index (χ1n) is 8.81. The number of carbonyl (C=O) groups excluding carboxylic acids is 1. The molecule has 2 aromatic carbocycles. The first-order chi connectivity index (χ1) is 12.5. The van der Waals surface area contributed by atoms with Crippen LogP contribution in [-0.4, -0.2) is 12.5 Å². The van der Waals surface area contributed by atoms with Gasteiger partial charge in [-0.05, 0) is 42.0 Å². The van der Waals surface area contributed by atoms with Gasteiger partial charge in [-0.3, -0.25) is 4.79 Å². The molecule has 0 heterocycles. The summed E-state index contributed by atoms with van der Waals surface area (Å²) in [5, 5.41) is 15.2. The van der Waals surface area contributed by atoms with Gasteiger partial charge in [0.05, 0.1) is 0 Å². The second kappa shape index (κ2) is 9.43. The Bertz CT molecular complexity index is 831. The first kappa shape index (κ1) is 19.3. The van der Waals surface area contributed by atoms with E-state index in [2.05, 4.69) is 43.5 Å². The number of aryl methyl sites for hydroxylation is 1. The number of nitrogens with zero attached hydrogens (tertiary/aromatic N) is 1. The van der Waals surface area contributed by atoms with Crippen LogP contribution in [-0.2, 0) is 11.2 Å². The molecule has 4 heteroatoms. The van der Waals surface area contributed by atoms with Gasteiger partial charge >= 0.3 is 0 Å². The van der Waals surface area contributed by atoms with Crippen molar-refractivity contribution >= 4 is 11.6 Å².